The summed E-state index contributed by atoms with van der Waals surface area (Å²) < 4.78 is 5.64. The molecule has 3 nitrogen and oxygen atoms in total. The predicted octanol–water partition coefficient (Wildman–Crippen LogP) is 1.86. The molecule has 1 rings (SSSR count). The van der Waals surface area contributed by atoms with Crippen molar-refractivity contribution in [2.45, 2.75) is 51.2 Å². The van der Waals surface area contributed by atoms with E-state index < -0.39 is 0 Å². The highest BCUT2D eigenvalue weighted by molar-refractivity contribution is 4.84. The first-order chi connectivity index (χ1) is 6.80. The number of ether oxygens (including phenoxy) is 1. The van der Waals surface area contributed by atoms with Crippen LogP contribution in [0.2, 0.25) is 0 Å². The fraction of sp³-hybridized carbons (Fsp3) is 0.909. The first kappa shape index (κ1) is 11.5. The Hall–Kier alpha value is -0.590. The van der Waals surface area contributed by atoms with Crippen LogP contribution in [0.5, 0.6) is 0 Å². The number of nitrogens with zero attached hydrogens (tertiary/aromatic N) is 1. The first-order valence-corrected chi connectivity index (χ1v) is 5.46. The highest BCUT2D eigenvalue weighted by Crippen LogP contribution is 2.26. The molecule has 1 fully saturated rings. The Bertz CT molecular complexity index is 192. The van der Waals surface area contributed by atoms with Gasteiger partial charge in [0.2, 0.25) is 0 Å². The van der Waals surface area contributed by atoms with Crippen molar-refractivity contribution in [3.63, 3.8) is 0 Å². The molecule has 0 saturated heterocycles. The zero-order valence-corrected chi connectivity index (χ0v) is 8.78. The lowest BCUT2D eigenvalue weighted by atomic mass is 9.88. The number of rotatable bonds is 4. The van der Waals surface area contributed by atoms with E-state index in [1.165, 1.54) is 0 Å². The molecule has 1 N–H and O–H groups in total. The number of hydrogen-bond acceptors (Lipinski definition) is 3. The van der Waals surface area contributed by atoms with E-state index in [0.29, 0.717) is 12.5 Å². The Morgan fingerprint density at radius 2 is 2.07 bits per heavy atom. The van der Waals surface area contributed by atoms with E-state index in [4.69, 9.17) is 15.1 Å². The average molecular weight is 197 g/mol. The van der Waals surface area contributed by atoms with Gasteiger partial charge in [-0.15, -0.1) is 0 Å². The molecule has 0 aromatic carbocycles. The van der Waals surface area contributed by atoms with Gasteiger partial charge >= 0.3 is 0 Å². The van der Waals surface area contributed by atoms with E-state index in [1.807, 2.05) is 6.92 Å². The van der Waals surface area contributed by atoms with Crippen LogP contribution in [0, 0.1) is 17.2 Å². The number of aliphatic hydroxyl groups is 1. The van der Waals surface area contributed by atoms with Crippen molar-refractivity contribution in [3.8, 4) is 6.07 Å². The molecule has 1 aliphatic carbocycles. The van der Waals surface area contributed by atoms with Gasteiger partial charge in [0.15, 0.2) is 0 Å². The molecular weight excluding hydrogens is 178 g/mol. The largest absolute Gasteiger partial charge is 0.396 e. The van der Waals surface area contributed by atoms with Gasteiger partial charge in [-0.1, -0.05) is 6.92 Å². The van der Waals surface area contributed by atoms with Gasteiger partial charge in [-0.05, 0) is 38.0 Å². The van der Waals surface area contributed by atoms with Crippen molar-refractivity contribution in [1.82, 2.24) is 0 Å². The molecule has 3 heteroatoms. The van der Waals surface area contributed by atoms with Gasteiger partial charge in [0.25, 0.3) is 0 Å². The van der Waals surface area contributed by atoms with Crippen molar-refractivity contribution in [2.24, 2.45) is 5.92 Å². The van der Waals surface area contributed by atoms with E-state index in [-0.39, 0.29) is 12.2 Å². The minimum absolute atomic E-state index is 0.238. The summed E-state index contributed by atoms with van der Waals surface area (Å²) >= 11 is 0. The van der Waals surface area contributed by atoms with E-state index in [2.05, 4.69) is 6.07 Å². The average Bonchev–Trinajstić information content (AvgIpc) is 2.26. The fourth-order valence-corrected chi connectivity index (χ4v) is 1.90. The van der Waals surface area contributed by atoms with Crippen molar-refractivity contribution < 1.29 is 9.84 Å². The summed E-state index contributed by atoms with van der Waals surface area (Å²) in [5.74, 6) is 0.456. The maximum Gasteiger partial charge on any atom is 0.144 e. The minimum Gasteiger partial charge on any atom is -0.396 e. The van der Waals surface area contributed by atoms with Gasteiger partial charge in [-0.3, -0.25) is 0 Å². The number of aliphatic hydroxyl groups excluding tert-OH is 1. The molecule has 0 aromatic rings. The lowest BCUT2D eigenvalue weighted by Gasteiger charge is -2.28. The highest BCUT2D eigenvalue weighted by atomic mass is 16.5. The van der Waals surface area contributed by atoms with Crippen molar-refractivity contribution in [1.29, 1.82) is 5.26 Å². The summed E-state index contributed by atoms with van der Waals surface area (Å²) in [7, 11) is 0. The van der Waals surface area contributed by atoms with Gasteiger partial charge < -0.3 is 9.84 Å². The van der Waals surface area contributed by atoms with Crippen LogP contribution >= 0.6 is 0 Å². The van der Waals surface area contributed by atoms with Gasteiger partial charge in [0.05, 0.1) is 12.2 Å². The zero-order valence-electron chi connectivity index (χ0n) is 8.78. The predicted molar refractivity (Wildman–Crippen MR) is 53.6 cm³/mol. The molecule has 1 unspecified atom stereocenters. The lowest BCUT2D eigenvalue weighted by molar-refractivity contribution is -0.0175. The second-order valence-electron chi connectivity index (χ2n) is 3.99. The third-order valence-electron chi connectivity index (χ3n) is 2.92. The standard InChI is InChI=1S/C11H19NO2/c1-2-10(7-12)14-11-5-3-9(8-13)4-6-11/h9-11,13H,2-6,8H2,1H3. The molecule has 0 aliphatic heterocycles. The maximum absolute atomic E-state index is 8.96. The molecule has 14 heavy (non-hydrogen) atoms. The zero-order chi connectivity index (χ0) is 10.4. The molecule has 0 spiro atoms. The maximum atomic E-state index is 8.96. The van der Waals surface area contributed by atoms with Crippen molar-refractivity contribution in [2.75, 3.05) is 6.61 Å². The number of nitriles is 1. The van der Waals surface area contributed by atoms with Crippen LogP contribution in [0.4, 0.5) is 0 Å². The Morgan fingerprint density at radius 3 is 2.50 bits per heavy atom. The Labute approximate surface area is 85.7 Å². The molecule has 1 aliphatic rings. The third kappa shape index (κ3) is 3.28. The number of hydrogen-bond donors (Lipinski definition) is 1. The summed E-state index contributed by atoms with van der Waals surface area (Å²) in [6.45, 7) is 2.26. The monoisotopic (exact) mass is 197 g/mol. The molecule has 0 amide bonds. The van der Waals surface area contributed by atoms with Gasteiger partial charge in [-0.25, -0.2) is 0 Å². The SMILES string of the molecule is CCC(C#N)OC1CCC(CO)CC1. The van der Waals surface area contributed by atoms with E-state index in [0.717, 1.165) is 32.1 Å². The van der Waals surface area contributed by atoms with Crippen LogP contribution in [-0.2, 0) is 4.74 Å². The van der Waals surface area contributed by atoms with Crippen molar-refractivity contribution in [3.05, 3.63) is 0 Å². The smallest absolute Gasteiger partial charge is 0.144 e. The third-order valence-corrected chi connectivity index (χ3v) is 2.92. The summed E-state index contributed by atoms with van der Waals surface area (Å²) in [4.78, 5) is 0. The Kier molecular flexibility index (Phi) is 4.92. The van der Waals surface area contributed by atoms with Gasteiger partial charge in [0.1, 0.15) is 6.10 Å². The summed E-state index contributed by atoms with van der Waals surface area (Å²) in [5, 5.41) is 17.7. The molecule has 1 saturated carbocycles. The Balaban J connectivity index is 2.25. The molecule has 0 bridgehead atoms. The van der Waals surface area contributed by atoms with Crippen LogP contribution < -0.4 is 0 Å². The molecule has 0 radical (unpaired) electrons. The molecule has 80 valence electrons. The minimum atomic E-state index is -0.245. The summed E-state index contributed by atoms with van der Waals surface area (Å²) in [6, 6.07) is 2.15. The fourth-order valence-electron chi connectivity index (χ4n) is 1.90. The molecular formula is C11H19NO2. The van der Waals surface area contributed by atoms with Crippen LogP contribution in [0.25, 0.3) is 0 Å². The highest BCUT2D eigenvalue weighted by Gasteiger charge is 2.22. The van der Waals surface area contributed by atoms with E-state index in [9.17, 15) is 0 Å². The summed E-state index contributed by atoms with van der Waals surface area (Å²) in [5.41, 5.74) is 0. The van der Waals surface area contributed by atoms with Gasteiger partial charge in [0, 0.05) is 6.61 Å². The second kappa shape index (κ2) is 6.00. The van der Waals surface area contributed by atoms with Crippen LogP contribution in [0.15, 0.2) is 0 Å². The normalized spacial score (nSPS) is 29.5. The molecule has 0 heterocycles. The Morgan fingerprint density at radius 1 is 1.43 bits per heavy atom. The van der Waals surface area contributed by atoms with E-state index in [1.54, 1.807) is 0 Å². The molecule has 0 aromatic heterocycles. The quantitative estimate of drug-likeness (QED) is 0.748. The van der Waals surface area contributed by atoms with Crippen LogP contribution in [-0.4, -0.2) is 23.9 Å². The second-order valence-corrected chi connectivity index (χ2v) is 3.99. The van der Waals surface area contributed by atoms with Gasteiger partial charge in [-0.2, -0.15) is 5.26 Å². The van der Waals surface area contributed by atoms with Crippen LogP contribution in [0.1, 0.15) is 39.0 Å². The molecule has 1 atom stereocenters. The van der Waals surface area contributed by atoms with E-state index >= 15 is 0 Å². The topological polar surface area (TPSA) is 53.2 Å². The van der Waals surface area contributed by atoms with Crippen molar-refractivity contribution >= 4 is 0 Å². The lowest BCUT2D eigenvalue weighted by Crippen LogP contribution is -2.27. The first-order valence-electron chi connectivity index (χ1n) is 5.46. The summed E-state index contributed by atoms with van der Waals surface area (Å²) in [6.07, 6.45) is 4.79. The van der Waals surface area contributed by atoms with Crippen LogP contribution in [0.3, 0.4) is 0 Å².